The Bertz CT molecular complexity index is 1420. The van der Waals surface area contributed by atoms with Crippen molar-refractivity contribution in [3.05, 3.63) is 53.5 Å². The maximum Gasteiger partial charge on any atom is 0.261 e. The summed E-state index contributed by atoms with van der Waals surface area (Å²) >= 11 is 0. The minimum absolute atomic E-state index is 0.194. The fourth-order valence-corrected chi connectivity index (χ4v) is 5.78. The number of fused-ring (bicyclic) bond motifs is 2. The first-order valence-electron chi connectivity index (χ1n) is 13.4. The molecule has 10 nitrogen and oxygen atoms in total. The smallest absolute Gasteiger partial charge is 0.261 e. The Morgan fingerprint density at radius 1 is 1.28 bits per heavy atom. The topological polar surface area (TPSA) is 112 Å². The van der Waals surface area contributed by atoms with Crippen LogP contribution in [0.15, 0.2) is 36.8 Å². The number of aliphatic hydroxyl groups is 1. The number of piperidine rings is 1. The molecule has 0 bridgehead atoms. The van der Waals surface area contributed by atoms with Crippen molar-refractivity contribution in [3.8, 4) is 0 Å². The highest BCUT2D eigenvalue weighted by atomic mass is 19.1. The number of alkyl halides is 1. The van der Waals surface area contributed by atoms with Crippen LogP contribution < -0.4 is 10.2 Å². The van der Waals surface area contributed by atoms with Crippen molar-refractivity contribution in [1.82, 2.24) is 19.5 Å². The van der Waals surface area contributed by atoms with Crippen LogP contribution in [-0.2, 0) is 11.3 Å². The van der Waals surface area contributed by atoms with Crippen molar-refractivity contribution in [2.75, 3.05) is 43.1 Å². The maximum atomic E-state index is 14.7. The third kappa shape index (κ3) is 4.74. The van der Waals surface area contributed by atoms with Crippen molar-refractivity contribution in [2.45, 2.75) is 51.4 Å². The van der Waals surface area contributed by atoms with Crippen LogP contribution >= 0.6 is 0 Å². The Hall–Kier alpha value is -3.57. The lowest BCUT2D eigenvalue weighted by Gasteiger charge is -2.40. The normalized spacial score (nSPS) is 19.6. The Labute approximate surface area is 225 Å². The number of aromatic nitrogens is 3. The minimum atomic E-state index is -1.59. The van der Waals surface area contributed by atoms with Gasteiger partial charge in [0.05, 0.1) is 36.3 Å². The van der Waals surface area contributed by atoms with E-state index in [0.717, 1.165) is 51.3 Å². The summed E-state index contributed by atoms with van der Waals surface area (Å²) in [4.78, 5) is 34.6. The third-order valence-corrected chi connectivity index (χ3v) is 8.37. The molecule has 2 aromatic heterocycles. The summed E-state index contributed by atoms with van der Waals surface area (Å²) in [6.45, 7) is 5.88. The van der Waals surface area contributed by atoms with E-state index in [9.17, 15) is 19.1 Å². The maximum absolute atomic E-state index is 14.7. The summed E-state index contributed by atoms with van der Waals surface area (Å²) in [6.07, 6.45) is 6.20. The van der Waals surface area contributed by atoms with Crippen molar-refractivity contribution in [2.24, 2.45) is 5.41 Å². The molecule has 5 heterocycles. The molecule has 3 aliphatic heterocycles. The molecule has 2 amide bonds. The van der Waals surface area contributed by atoms with Gasteiger partial charge in [-0.25, -0.2) is 13.9 Å². The number of carbonyl (C=O) groups excluding carboxylic acids is 2. The summed E-state index contributed by atoms with van der Waals surface area (Å²) in [5, 5.41) is 17.3. The SMILES string of the molecule is CC(C)(O)[C@H](F)CN1Cc2cc(NC(=O)c3cnn4cccnc34)c(N3CCC4(CCOC4)CC3)cc2C1=O. The van der Waals surface area contributed by atoms with Crippen molar-refractivity contribution < 1.29 is 23.8 Å². The van der Waals surface area contributed by atoms with Crippen LogP contribution in [0.3, 0.4) is 0 Å². The molecule has 11 heteroatoms. The highest BCUT2D eigenvalue weighted by molar-refractivity contribution is 6.10. The molecule has 1 aromatic carbocycles. The van der Waals surface area contributed by atoms with Crippen molar-refractivity contribution in [3.63, 3.8) is 0 Å². The molecule has 0 saturated carbocycles. The van der Waals surface area contributed by atoms with Gasteiger partial charge in [0, 0.05) is 44.2 Å². The lowest BCUT2D eigenvalue weighted by atomic mass is 9.78. The van der Waals surface area contributed by atoms with Gasteiger partial charge in [-0.1, -0.05) is 0 Å². The van der Waals surface area contributed by atoms with Crippen LogP contribution in [0.25, 0.3) is 5.65 Å². The van der Waals surface area contributed by atoms with E-state index in [2.05, 4.69) is 20.3 Å². The molecular formula is C28H33FN6O4. The van der Waals surface area contributed by atoms with Crippen LogP contribution in [-0.4, -0.2) is 81.0 Å². The van der Waals surface area contributed by atoms with Crippen molar-refractivity contribution in [1.29, 1.82) is 0 Å². The van der Waals surface area contributed by atoms with Crippen LogP contribution in [0, 0.1) is 5.41 Å². The second-order valence-corrected chi connectivity index (χ2v) is 11.5. The molecule has 0 unspecified atom stereocenters. The Morgan fingerprint density at radius 2 is 2.08 bits per heavy atom. The van der Waals surface area contributed by atoms with Gasteiger partial charge in [0.15, 0.2) is 5.65 Å². The third-order valence-electron chi connectivity index (χ3n) is 8.37. The van der Waals surface area contributed by atoms with Gasteiger partial charge >= 0.3 is 0 Å². The lowest BCUT2D eigenvalue weighted by molar-refractivity contribution is -0.0159. The van der Waals surface area contributed by atoms with Crippen LogP contribution in [0.5, 0.6) is 0 Å². The van der Waals surface area contributed by atoms with E-state index in [1.165, 1.54) is 24.9 Å². The molecule has 6 rings (SSSR count). The van der Waals surface area contributed by atoms with E-state index in [1.807, 2.05) is 12.1 Å². The number of carbonyl (C=O) groups is 2. The van der Waals surface area contributed by atoms with Gasteiger partial charge < -0.3 is 25.0 Å². The molecule has 1 atom stereocenters. The van der Waals surface area contributed by atoms with E-state index >= 15 is 0 Å². The van der Waals surface area contributed by atoms with E-state index < -0.39 is 11.8 Å². The largest absolute Gasteiger partial charge is 0.387 e. The highest BCUT2D eigenvalue weighted by Crippen LogP contribution is 2.43. The first kappa shape index (κ1) is 25.7. The summed E-state index contributed by atoms with van der Waals surface area (Å²) in [7, 11) is 0. The minimum Gasteiger partial charge on any atom is -0.387 e. The van der Waals surface area contributed by atoms with Crippen LogP contribution in [0.4, 0.5) is 15.8 Å². The number of hydrogen-bond acceptors (Lipinski definition) is 7. The van der Waals surface area contributed by atoms with E-state index in [1.54, 1.807) is 23.0 Å². The van der Waals surface area contributed by atoms with Gasteiger partial charge in [0.2, 0.25) is 0 Å². The van der Waals surface area contributed by atoms with E-state index in [0.29, 0.717) is 28.0 Å². The van der Waals surface area contributed by atoms with Gasteiger partial charge in [0.1, 0.15) is 11.7 Å². The molecule has 3 aromatic rings. The predicted molar refractivity (Wildman–Crippen MR) is 143 cm³/mol. The molecule has 206 valence electrons. The number of ether oxygens (including phenoxy) is 1. The second kappa shape index (κ2) is 9.56. The standard InChI is InChI=1S/C28H33FN6O4/c1-27(2,38)23(29)16-34-15-18-12-21(32-25(36)20-14-31-35-8-3-7-30-24(20)35)22(13-19(18)26(34)37)33-9-4-28(5-10-33)6-11-39-17-28/h3,7-8,12-14,23,38H,4-6,9-11,15-17H2,1-2H3,(H,32,36)/t23-/m1/s1. The summed E-state index contributed by atoms with van der Waals surface area (Å²) in [6, 6.07) is 5.38. The number of rotatable bonds is 6. The summed E-state index contributed by atoms with van der Waals surface area (Å²) < 4.78 is 21.9. The van der Waals surface area contributed by atoms with E-state index in [-0.39, 0.29) is 30.3 Å². The van der Waals surface area contributed by atoms with Gasteiger partial charge in [0.25, 0.3) is 11.8 Å². The summed E-state index contributed by atoms with van der Waals surface area (Å²) in [5.74, 6) is -0.630. The molecule has 2 saturated heterocycles. The summed E-state index contributed by atoms with van der Waals surface area (Å²) in [5.41, 5.74) is 1.96. The number of anilines is 2. The second-order valence-electron chi connectivity index (χ2n) is 11.5. The zero-order chi connectivity index (χ0) is 27.4. The molecule has 1 spiro atoms. The van der Waals surface area contributed by atoms with E-state index in [4.69, 9.17) is 4.74 Å². The number of halogens is 1. The number of nitrogens with one attached hydrogen (secondary N) is 1. The zero-order valence-corrected chi connectivity index (χ0v) is 22.2. The van der Waals surface area contributed by atoms with Crippen LogP contribution in [0.1, 0.15) is 59.4 Å². The molecule has 2 N–H and O–H groups in total. The molecule has 2 fully saturated rings. The average molecular weight is 537 g/mol. The number of nitrogens with zero attached hydrogens (tertiary/aromatic N) is 5. The molecule has 39 heavy (non-hydrogen) atoms. The van der Waals surface area contributed by atoms with Crippen LogP contribution in [0.2, 0.25) is 0 Å². The Morgan fingerprint density at radius 3 is 2.79 bits per heavy atom. The lowest BCUT2D eigenvalue weighted by Crippen LogP contribution is -2.42. The molecule has 0 aliphatic carbocycles. The number of hydrogen-bond donors (Lipinski definition) is 2. The predicted octanol–water partition coefficient (Wildman–Crippen LogP) is 3.05. The first-order valence-corrected chi connectivity index (χ1v) is 13.4. The van der Waals surface area contributed by atoms with Gasteiger partial charge in [-0.3, -0.25) is 9.59 Å². The highest BCUT2D eigenvalue weighted by Gasteiger charge is 2.40. The monoisotopic (exact) mass is 536 g/mol. The quantitative estimate of drug-likeness (QED) is 0.498. The Balaban J connectivity index is 1.31. The van der Waals surface area contributed by atoms with Crippen molar-refractivity contribution >= 4 is 28.8 Å². The fourth-order valence-electron chi connectivity index (χ4n) is 5.78. The fraction of sp³-hybridized carbons (Fsp3) is 0.500. The molecular weight excluding hydrogens is 503 g/mol. The van der Waals surface area contributed by atoms with Gasteiger partial charge in [-0.2, -0.15) is 5.10 Å². The molecule has 0 radical (unpaired) electrons. The Kier molecular flexibility index (Phi) is 6.30. The molecule has 3 aliphatic rings. The number of benzene rings is 1. The first-order chi connectivity index (χ1) is 18.6. The average Bonchev–Trinajstić information content (AvgIpc) is 3.62. The zero-order valence-electron chi connectivity index (χ0n) is 22.2. The number of amides is 2. The van der Waals surface area contributed by atoms with Gasteiger partial charge in [-0.15, -0.1) is 0 Å². The van der Waals surface area contributed by atoms with Gasteiger partial charge in [-0.05, 0) is 62.3 Å².